The number of hydrogen-bond acceptors (Lipinski definition) is 3. The molecule has 0 aliphatic heterocycles. The topological polar surface area (TPSA) is 46.5 Å². The van der Waals surface area contributed by atoms with Crippen LogP contribution in [-0.2, 0) is 4.79 Å². The van der Waals surface area contributed by atoms with Crippen LogP contribution in [0, 0.1) is 5.92 Å². The summed E-state index contributed by atoms with van der Waals surface area (Å²) >= 11 is 1.41. The Morgan fingerprint density at radius 3 is 2.37 bits per heavy atom. The average Bonchev–Trinajstić information content (AvgIpc) is 2.37. The van der Waals surface area contributed by atoms with Gasteiger partial charge in [0.05, 0.1) is 7.11 Å². The summed E-state index contributed by atoms with van der Waals surface area (Å²) in [5.41, 5.74) is 0. The molecule has 4 heteroatoms. The van der Waals surface area contributed by atoms with Gasteiger partial charge in [-0.15, -0.1) is 11.8 Å². The van der Waals surface area contributed by atoms with Crippen LogP contribution in [0.1, 0.15) is 33.6 Å². The molecule has 0 bridgehead atoms. The molecule has 0 saturated carbocycles. The fourth-order valence-electron chi connectivity index (χ4n) is 1.67. The number of carboxylic acid groups (broad SMARTS) is 1. The van der Waals surface area contributed by atoms with Crippen LogP contribution >= 0.6 is 11.8 Å². The van der Waals surface area contributed by atoms with E-state index in [0.29, 0.717) is 12.3 Å². The van der Waals surface area contributed by atoms with Gasteiger partial charge >= 0.3 is 5.97 Å². The number of aliphatic carboxylic acids is 1. The number of benzene rings is 1. The molecule has 0 amide bonds. The molecule has 3 nitrogen and oxygen atoms in total. The lowest BCUT2D eigenvalue weighted by molar-refractivity contribution is -0.139. The maximum absolute atomic E-state index is 11.5. The highest BCUT2D eigenvalue weighted by Crippen LogP contribution is 2.38. The first-order chi connectivity index (χ1) is 8.87. The number of carbonyl (C=O) groups is 1. The summed E-state index contributed by atoms with van der Waals surface area (Å²) in [6.45, 7) is 6.02. The second-order valence-corrected chi connectivity index (χ2v) is 6.82. The molecule has 1 N–H and O–H groups in total. The lowest BCUT2D eigenvalue weighted by Crippen LogP contribution is -2.31. The Kier molecular flexibility index (Phi) is 5.73. The van der Waals surface area contributed by atoms with Crippen LogP contribution in [0.5, 0.6) is 5.75 Å². The number of rotatable bonds is 7. The molecule has 19 heavy (non-hydrogen) atoms. The van der Waals surface area contributed by atoms with Crippen molar-refractivity contribution in [2.45, 2.75) is 43.3 Å². The number of ether oxygens (including phenoxy) is 1. The van der Waals surface area contributed by atoms with Crippen molar-refractivity contribution in [2.75, 3.05) is 7.11 Å². The maximum Gasteiger partial charge on any atom is 0.319 e. The second-order valence-electron chi connectivity index (χ2n) is 5.25. The first-order valence-corrected chi connectivity index (χ1v) is 7.25. The van der Waals surface area contributed by atoms with Gasteiger partial charge in [-0.05, 0) is 49.9 Å². The van der Waals surface area contributed by atoms with Crippen molar-refractivity contribution in [2.24, 2.45) is 5.92 Å². The van der Waals surface area contributed by atoms with Crippen LogP contribution in [-0.4, -0.2) is 22.9 Å². The van der Waals surface area contributed by atoms with E-state index in [9.17, 15) is 9.90 Å². The molecular formula is C15H22O3S. The van der Waals surface area contributed by atoms with E-state index in [1.54, 1.807) is 14.0 Å². The average molecular weight is 282 g/mol. The molecule has 1 rings (SSSR count). The van der Waals surface area contributed by atoms with E-state index in [1.807, 2.05) is 24.3 Å². The summed E-state index contributed by atoms with van der Waals surface area (Å²) < 4.78 is 4.32. The Balaban J connectivity index is 2.79. The predicted octanol–water partition coefficient (Wildman–Crippen LogP) is 4.07. The van der Waals surface area contributed by atoms with Crippen molar-refractivity contribution < 1.29 is 14.6 Å². The molecule has 1 unspecified atom stereocenters. The van der Waals surface area contributed by atoms with Gasteiger partial charge < -0.3 is 9.84 Å². The molecule has 0 radical (unpaired) electrons. The Morgan fingerprint density at radius 2 is 1.95 bits per heavy atom. The Labute approximate surface area is 119 Å². The van der Waals surface area contributed by atoms with Crippen LogP contribution in [0.25, 0.3) is 0 Å². The predicted molar refractivity (Wildman–Crippen MR) is 79.0 cm³/mol. The quantitative estimate of drug-likeness (QED) is 0.766. The molecule has 0 saturated heterocycles. The minimum atomic E-state index is -0.779. The van der Waals surface area contributed by atoms with E-state index in [0.717, 1.165) is 17.1 Å². The van der Waals surface area contributed by atoms with Gasteiger partial charge in [0.25, 0.3) is 0 Å². The standard InChI is InChI=1S/C15H22O3S/c1-11(2)9-10-15(3,14(16)17)19-13-7-5-12(18-4)6-8-13/h5-8,11H,9-10H2,1-4H3,(H,16,17). The van der Waals surface area contributed by atoms with Crippen molar-refractivity contribution in [1.82, 2.24) is 0 Å². The molecule has 106 valence electrons. The van der Waals surface area contributed by atoms with Gasteiger partial charge in [-0.25, -0.2) is 0 Å². The first-order valence-electron chi connectivity index (χ1n) is 6.44. The molecule has 1 aromatic rings. The molecule has 1 atom stereocenters. The van der Waals surface area contributed by atoms with Crippen LogP contribution < -0.4 is 4.74 Å². The zero-order valence-corrected chi connectivity index (χ0v) is 12.8. The van der Waals surface area contributed by atoms with Crippen molar-refractivity contribution in [3.8, 4) is 5.75 Å². The number of carboxylic acids is 1. The largest absolute Gasteiger partial charge is 0.497 e. The second kappa shape index (κ2) is 6.85. The van der Waals surface area contributed by atoms with E-state index in [2.05, 4.69) is 13.8 Å². The third-order valence-corrected chi connectivity index (χ3v) is 4.39. The van der Waals surface area contributed by atoms with Gasteiger partial charge in [0, 0.05) is 4.90 Å². The van der Waals surface area contributed by atoms with E-state index in [4.69, 9.17) is 4.74 Å². The van der Waals surface area contributed by atoms with E-state index in [-0.39, 0.29) is 0 Å². The minimum absolute atomic E-state index is 0.509. The van der Waals surface area contributed by atoms with E-state index < -0.39 is 10.7 Å². The normalized spacial score (nSPS) is 14.2. The molecule has 0 spiro atoms. The van der Waals surface area contributed by atoms with Gasteiger partial charge in [-0.3, -0.25) is 4.79 Å². The van der Waals surface area contributed by atoms with E-state index in [1.165, 1.54) is 11.8 Å². The van der Waals surface area contributed by atoms with Crippen molar-refractivity contribution >= 4 is 17.7 Å². The zero-order valence-electron chi connectivity index (χ0n) is 12.0. The van der Waals surface area contributed by atoms with Gasteiger partial charge in [0.15, 0.2) is 0 Å². The Hall–Kier alpha value is -1.16. The first kappa shape index (κ1) is 15.9. The molecule has 0 fully saturated rings. The number of hydrogen-bond donors (Lipinski definition) is 1. The Morgan fingerprint density at radius 1 is 1.37 bits per heavy atom. The highest BCUT2D eigenvalue weighted by molar-refractivity contribution is 8.01. The summed E-state index contributed by atoms with van der Waals surface area (Å²) in [7, 11) is 1.62. The third-order valence-electron chi connectivity index (χ3n) is 3.05. The lowest BCUT2D eigenvalue weighted by atomic mass is 9.99. The van der Waals surface area contributed by atoms with Crippen molar-refractivity contribution in [1.29, 1.82) is 0 Å². The molecular weight excluding hydrogens is 260 g/mol. The highest BCUT2D eigenvalue weighted by atomic mass is 32.2. The monoisotopic (exact) mass is 282 g/mol. The summed E-state index contributed by atoms with van der Waals surface area (Å²) in [6, 6.07) is 7.51. The fraction of sp³-hybridized carbons (Fsp3) is 0.533. The zero-order chi connectivity index (χ0) is 14.5. The molecule has 0 heterocycles. The Bertz CT molecular complexity index is 414. The number of methoxy groups -OCH3 is 1. The number of thioether (sulfide) groups is 1. The van der Waals surface area contributed by atoms with Gasteiger partial charge in [-0.2, -0.15) is 0 Å². The molecule has 0 aromatic heterocycles. The molecule has 1 aromatic carbocycles. The molecule has 0 aliphatic rings. The van der Waals surface area contributed by atoms with E-state index >= 15 is 0 Å². The van der Waals surface area contributed by atoms with Crippen LogP contribution in [0.3, 0.4) is 0 Å². The van der Waals surface area contributed by atoms with Crippen LogP contribution in [0.15, 0.2) is 29.2 Å². The summed E-state index contributed by atoms with van der Waals surface area (Å²) in [5.74, 6) is 0.535. The van der Waals surface area contributed by atoms with Gasteiger partial charge in [-0.1, -0.05) is 13.8 Å². The highest BCUT2D eigenvalue weighted by Gasteiger charge is 2.34. The smallest absolute Gasteiger partial charge is 0.319 e. The minimum Gasteiger partial charge on any atom is -0.497 e. The van der Waals surface area contributed by atoms with Crippen molar-refractivity contribution in [3.05, 3.63) is 24.3 Å². The van der Waals surface area contributed by atoms with Crippen LogP contribution in [0.2, 0.25) is 0 Å². The summed E-state index contributed by atoms with van der Waals surface area (Å²) in [6.07, 6.45) is 1.57. The van der Waals surface area contributed by atoms with Crippen molar-refractivity contribution in [3.63, 3.8) is 0 Å². The molecule has 0 aliphatic carbocycles. The SMILES string of the molecule is COc1ccc(SC(C)(CCC(C)C)C(=O)O)cc1. The van der Waals surface area contributed by atoms with Gasteiger partial charge in [0.2, 0.25) is 0 Å². The van der Waals surface area contributed by atoms with Crippen LogP contribution in [0.4, 0.5) is 0 Å². The lowest BCUT2D eigenvalue weighted by Gasteiger charge is -2.25. The van der Waals surface area contributed by atoms with Gasteiger partial charge in [0.1, 0.15) is 10.5 Å². The summed E-state index contributed by atoms with van der Waals surface area (Å²) in [5, 5.41) is 9.46. The summed E-state index contributed by atoms with van der Waals surface area (Å²) in [4.78, 5) is 12.5. The fourth-order valence-corrected chi connectivity index (χ4v) is 2.77. The third kappa shape index (κ3) is 4.78. The maximum atomic E-state index is 11.5.